The summed E-state index contributed by atoms with van der Waals surface area (Å²) in [6, 6.07) is 14.9. The summed E-state index contributed by atoms with van der Waals surface area (Å²) in [5.74, 6) is -0.369. The lowest BCUT2D eigenvalue weighted by Gasteiger charge is -2.13. The highest BCUT2D eigenvalue weighted by Gasteiger charge is 2.14. The van der Waals surface area contributed by atoms with Crippen molar-refractivity contribution in [2.45, 2.75) is 6.92 Å². The fraction of sp³-hybridized carbons (Fsp3) is 0.167. The van der Waals surface area contributed by atoms with E-state index in [1.54, 1.807) is 60.8 Å². The second-order valence-corrected chi connectivity index (χ2v) is 6.77. The Morgan fingerprint density at radius 2 is 1.76 bits per heavy atom. The fourth-order valence-corrected chi connectivity index (χ4v) is 2.96. The van der Waals surface area contributed by atoms with E-state index >= 15 is 0 Å². The van der Waals surface area contributed by atoms with E-state index in [0.717, 1.165) is 0 Å². The third kappa shape index (κ3) is 6.30. The number of benzene rings is 2. The number of hydrogen-bond acceptors (Lipinski definition) is 6. The van der Waals surface area contributed by atoms with Gasteiger partial charge in [-0.2, -0.15) is 0 Å². The van der Waals surface area contributed by atoms with E-state index in [1.165, 1.54) is 13.3 Å². The lowest BCUT2D eigenvalue weighted by atomic mass is 10.2. The van der Waals surface area contributed by atoms with Crippen LogP contribution in [0.15, 0.2) is 67.0 Å². The van der Waals surface area contributed by atoms with Crippen LogP contribution < -0.4 is 25.4 Å². The maximum atomic E-state index is 12.4. The largest absolute Gasteiger partial charge is 0.494 e. The summed E-state index contributed by atoms with van der Waals surface area (Å²) in [4.78, 5) is 41.0. The number of methoxy groups -OCH3 is 1. The van der Waals surface area contributed by atoms with Crippen molar-refractivity contribution in [3.8, 4) is 11.5 Å². The Bertz CT molecular complexity index is 1130. The molecule has 0 atom stereocenters. The Morgan fingerprint density at radius 1 is 0.939 bits per heavy atom. The van der Waals surface area contributed by atoms with Crippen molar-refractivity contribution in [1.82, 2.24) is 10.3 Å². The van der Waals surface area contributed by atoms with Crippen molar-refractivity contribution in [2.75, 3.05) is 30.9 Å². The molecule has 3 aromatic rings. The number of carbonyl (C=O) groups excluding carboxylic acids is 3. The molecule has 2 aromatic carbocycles. The van der Waals surface area contributed by atoms with Gasteiger partial charge in [0.1, 0.15) is 11.5 Å². The van der Waals surface area contributed by atoms with Gasteiger partial charge in [0.2, 0.25) is 5.91 Å². The zero-order chi connectivity index (χ0) is 23.6. The van der Waals surface area contributed by atoms with Crippen molar-refractivity contribution in [3.05, 3.63) is 78.1 Å². The van der Waals surface area contributed by atoms with Crippen LogP contribution in [-0.4, -0.2) is 43.0 Å². The molecular weight excluding hydrogens is 424 g/mol. The molecule has 0 aliphatic heterocycles. The molecular formula is C24H24N4O5. The molecule has 9 nitrogen and oxygen atoms in total. The number of aromatic nitrogens is 1. The van der Waals surface area contributed by atoms with Gasteiger partial charge in [-0.3, -0.25) is 19.4 Å². The normalized spacial score (nSPS) is 10.1. The zero-order valence-corrected chi connectivity index (χ0v) is 18.3. The molecule has 1 heterocycles. The van der Waals surface area contributed by atoms with Gasteiger partial charge in [-0.1, -0.05) is 12.1 Å². The van der Waals surface area contributed by atoms with Gasteiger partial charge in [-0.15, -0.1) is 0 Å². The van der Waals surface area contributed by atoms with E-state index in [1.807, 2.05) is 6.92 Å². The molecule has 0 spiro atoms. The molecule has 3 amide bonds. The number of pyridine rings is 1. The lowest BCUT2D eigenvalue weighted by molar-refractivity contribution is -0.115. The third-order valence-electron chi connectivity index (χ3n) is 4.50. The van der Waals surface area contributed by atoms with Crippen LogP contribution in [0.5, 0.6) is 11.5 Å². The summed E-state index contributed by atoms with van der Waals surface area (Å²) in [6.45, 7) is 2.01. The van der Waals surface area contributed by atoms with E-state index in [2.05, 4.69) is 20.9 Å². The van der Waals surface area contributed by atoms with Crippen molar-refractivity contribution in [2.24, 2.45) is 0 Å². The van der Waals surface area contributed by atoms with E-state index in [9.17, 15) is 14.4 Å². The lowest BCUT2D eigenvalue weighted by Crippen LogP contribution is -2.33. The molecule has 0 fully saturated rings. The molecule has 0 aliphatic carbocycles. The molecule has 0 unspecified atom stereocenters. The summed E-state index contributed by atoms with van der Waals surface area (Å²) in [5.41, 5.74) is 1.63. The van der Waals surface area contributed by atoms with Crippen LogP contribution in [0.2, 0.25) is 0 Å². The van der Waals surface area contributed by atoms with Gasteiger partial charge in [-0.25, -0.2) is 0 Å². The molecule has 3 rings (SSSR count). The number of carbonyl (C=O) groups is 3. The predicted molar refractivity (Wildman–Crippen MR) is 124 cm³/mol. The standard InChI is InChI=1S/C24H24N4O5/c1-3-33-20-9-5-4-8-18(20)24(31)26-15-22(29)27-17-10-11-19(21(13-17)32-2)28-23(30)16-7-6-12-25-14-16/h4-14H,3,15H2,1-2H3,(H,26,31)(H,27,29)(H,28,30). The minimum absolute atomic E-state index is 0.235. The van der Waals surface area contributed by atoms with Gasteiger partial charge in [0, 0.05) is 24.1 Å². The van der Waals surface area contributed by atoms with Crippen molar-refractivity contribution >= 4 is 29.1 Å². The quantitative estimate of drug-likeness (QED) is 0.463. The number of anilines is 2. The van der Waals surface area contributed by atoms with E-state index in [0.29, 0.717) is 40.6 Å². The van der Waals surface area contributed by atoms with Crippen LogP contribution in [0, 0.1) is 0 Å². The van der Waals surface area contributed by atoms with Crippen LogP contribution >= 0.6 is 0 Å². The molecule has 33 heavy (non-hydrogen) atoms. The Balaban J connectivity index is 1.60. The predicted octanol–water partition coefficient (Wildman–Crippen LogP) is 3.11. The molecule has 0 bridgehead atoms. The minimum atomic E-state index is -0.425. The van der Waals surface area contributed by atoms with Crippen molar-refractivity contribution in [3.63, 3.8) is 0 Å². The van der Waals surface area contributed by atoms with Crippen molar-refractivity contribution in [1.29, 1.82) is 0 Å². The van der Waals surface area contributed by atoms with Crippen LogP contribution in [0.25, 0.3) is 0 Å². The summed E-state index contributed by atoms with van der Waals surface area (Å²) in [6.07, 6.45) is 3.03. The number of amides is 3. The van der Waals surface area contributed by atoms with E-state index < -0.39 is 11.8 Å². The second-order valence-electron chi connectivity index (χ2n) is 6.77. The van der Waals surface area contributed by atoms with Gasteiger partial charge in [0.15, 0.2) is 0 Å². The summed E-state index contributed by atoms with van der Waals surface area (Å²) >= 11 is 0. The smallest absolute Gasteiger partial charge is 0.257 e. The Kier molecular flexibility index (Phi) is 7.96. The molecule has 0 radical (unpaired) electrons. The van der Waals surface area contributed by atoms with E-state index in [4.69, 9.17) is 9.47 Å². The number of rotatable bonds is 9. The molecule has 170 valence electrons. The Hall–Kier alpha value is -4.40. The minimum Gasteiger partial charge on any atom is -0.494 e. The van der Waals surface area contributed by atoms with Gasteiger partial charge >= 0.3 is 0 Å². The maximum absolute atomic E-state index is 12.4. The Morgan fingerprint density at radius 3 is 2.48 bits per heavy atom. The van der Waals surface area contributed by atoms with Crippen LogP contribution in [-0.2, 0) is 4.79 Å². The highest BCUT2D eigenvalue weighted by molar-refractivity contribution is 6.05. The van der Waals surface area contributed by atoms with Gasteiger partial charge in [-0.05, 0) is 43.3 Å². The molecule has 9 heteroatoms. The SMILES string of the molecule is CCOc1ccccc1C(=O)NCC(=O)Nc1ccc(NC(=O)c2cccnc2)c(OC)c1. The first-order valence-electron chi connectivity index (χ1n) is 10.2. The molecule has 0 saturated heterocycles. The van der Waals surface area contributed by atoms with Crippen LogP contribution in [0.3, 0.4) is 0 Å². The molecule has 1 aromatic heterocycles. The van der Waals surface area contributed by atoms with Crippen LogP contribution in [0.1, 0.15) is 27.6 Å². The summed E-state index contributed by atoms with van der Waals surface area (Å²) in [5, 5.41) is 8.01. The number of ether oxygens (including phenoxy) is 2. The Labute approximate surface area is 191 Å². The van der Waals surface area contributed by atoms with Gasteiger partial charge in [0.25, 0.3) is 11.8 Å². The number of nitrogens with zero attached hydrogens (tertiary/aromatic N) is 1. The molecule has 3 N–H and O–H groups in total. The molecule has 0 saturated carbocycles. The van der Waals surface area contributed by atoms with Crippen LogP contribution in [0.4, 0.5) is 11.4 Å². The maximum Gasteiger partial charge on any atom is 0.257 e. The second kappa shape index (κ2) is 11.3. The van der Waals surface area contributed by atoms with Crippen molar-refractivity contribution < 1.29 is 23.9 Å². The first-order valence-corrected chi connectivity index (χ1v) is 10.2. The third-order valence-corrected chi connectivity index (χ3v) is 4.50. The average molecular weight is 448 g/mol. The zero-order valence-electron chi connectivity index (χ0n) is 18.3. The summed E-state index contributed by atoms with van der Waals surface area (Å²) < 4.78 is 10.8. The van der Waals surface area contributed by atoms with E-state index in [-0.39, 0.29) is 12.5 Å². The summed E-state index contributed by atoms with van der Waals surface area (Å²) in [7, 11) is 1.46. The number of nitrogens with one attached hydrogen (secondary N) is 3. The van der Waals surface area contributed by atoms with Gasteiger partial charge in [0.05, 0.1) is 37.1 Å². The molecule has 0 aliphatic rings. The first kappa shape index (κ1) is 23.3. The highest BCUT2D eigenvalue weighted by Crippen LogP contribution is 2.28. The van der Waals surface area contributed by atoms with Gasteiger partial charge < -0.3 is 25.4 Å². The highest BCUT2D eigenvalue weighted by atomic mass is 16.5. The fourth-order valence-electron chi connectivity index (χ4n) is 2.96. The number of hydrogen-bond donors (Lipinski definition) is 3. The first-order chi connectivity index (χ1) is 16.0. The monoisotopic (exact) mass is 448 g/mol. The number of para-hydroxylation sites is 1. The topological polar surface area (TPSA) is 119 Å². The average Bonchev–Trinajstić information content (AvgIpc) is 2.84.